The van der Waals surface area contributed by atoms with Gasteiger partial charge in [0.2, 0.25) is 0 Å². The van der Waals surface area contributed by atoms with Crippen molar-refractivity contribution in [2.45, 2.75) is 380 Å². The fourth-order valence-electron chi connectivity index (χ4n) is 11.2. The molecule has 0 spiro atoms. The Hall–Kier alpha value is -3.76. The van der Waals surface area contributed by atoms with Crippen molar-refractivity contribution in [2.24, 2.45) is 0 Å². The number of esters is 4. The van der Waals surface area contributed by atoms with Crippen molar-refractivity contribution in [3.05, 3.63) is 85.1 Å². The summed E-state index contributed by atoms with van der Waals surface area (Å²) in [5, 5.41) is 10.6. The predicted octanol–water partition coefficient (Wildman–Crippen LogP) is 23.8. The van der Waals surface area contributed by atoms with Crippen LogP contribution in [-0.4, -0.2) is 96.7 Å². The number of hydrogen-bond donors (Lipinski definition) is 3. The summed E-state index contributed by atoms with van der Waals surface area (Å²) in [6, 6.07) is 0. The van der Waals surface area contributed by atoms with Gasteiger partial charge in [-0.2, -0.15) is 0 Å². The second kappa shape index (κ2) is 75.5. The van der Waals surface area contributed by atoms with E-state index in [1.54, 1.807) is 0 Å². The summed E-state index contributed by atoms with van der Waals surface area (Å²) in [4.78, 5) is 73.1. The summed E-state index contributed by atoms with van der Waals surface area (Å²) in [5.41, 5.74) is 0. The Morgan fingerprint density at radius 3 is 0.794 bits per heavy atom. The summed E-state index contributed by atoms with van der Waals surface area (Å²) in [6.07, 6.45) is 78.3. The standard InChI is InChI=1S/C83H148O17P2/c1-5-9-13-17-21-25-29-33-37-38-42-44-48-52-56-60-64-68-81(86)94-74-79(100-83(88)70-66-62-58-54-50-46-41-36-32-28-24-20-16-12-8-4)76-98-102(91,92)96-72-77(84)71-95-101(89,90)97-75-78(99-82(87)69-65-61-57-53-49-45-40-35-31-27-23-19-15-11-7-3)73-93-80(85)67-63-59-55-51-47-43-39-34-30-26-22-18-14-10-6-2/h9-10,13-14,21-22,25-26,33-34,36-37,39,41,77-79,84H,5-8,11-12,15-20,23-24,27-32,35,38,40,42-76H2,1-4H3,(H,89,90)(H,91,92)/b13-9-,14-10-,25-21-,26-22-,37-33-,39-34-,41-36-. The van der Waals surface area contributed by atoms with E-state index in [9.17, 15) is 43.2 Å². The molecule has 0 aromatic heterocycles. The smallest absolute Gasteiger partial charge is 0.462 e. The van der Waals surface area contributed by atoms with Gasteiger partial charge < -0.3 is 33.8 Å². The number of aliphatic hydroxyl groups is 1. The number of ether oxygens (including phenoxy) is 4. The number of phosphoric ester groups is 2. The van der Waals surface area contributed by atoms with Gasteiger partial charge in [0.05, 0.1) is 26.4 Å². The SMILES string of the molecule is CC/C=C\C/C=C\C/C=C\CCCCCCCCCC(=O)OCC(COP(=O)(O)OCC(O)COP(=O)(O)OCC(COC(=O)CCCCCCC/C=C\C/C=C\C/C=C\CC)OC(=O)CCCCCCCCCCCCCCCCC)OC(=O)CCCCCCC/C=C\CCCCCCCC. The lowest BCUT2D eigenvalue weighted by molar-refractivity contribution is -0.161. The fraction of sp³-hybridized carbons (Fsp3) is 0.783. The lowest BCUT2D eigenvalue weighted by atomic mass is 10.0. The molecule has 19 heteroatoms. The highest BCUT2D eigenvalue weighted by Crippen LogP contribution is 2.45. The van der Waals surface area contributed by atoms with E-state index in [4.69, 9.17) is 37.0 Å². The number of allylic oxidation sites excluding steroid dienone is 14. The Balaban J connectivity index is 5.35. The van der Waals surface area contributed by atoms with Crippen molar-refractivity contribution in [3.8, 4) is 0 Å². The van der Waals surface area contributed by atoms with Gasteiger partial charge in [-0.15, -0.1) is 0 Å². The molecule has 0 radical (unpaired) electrons. The summed E-state index contributed by atoms with van der Waals surface area (Å²) >= 11 is 0. The van der Waals surface area contributed by atoms with Crippen LogP contribution in [0, 0.1) is 0 Å². The van der Waals surface area contributed by atoms with Crippen molar-refractivity contribution in [1.82, 2.24) is 0 Å². The minimum Gasteiger partial charge on any atom is -0.462 e. The van der Waals surface area contributed by atoms with Crippen LogP contribution < -0.4 is 0 Å². The monoisotopic (exact) mass is 1480 g/mol. The normalized spacial score (nSPS) is 14.3. The van der Waals surface area contributed by atoms with Crippen LogP contribution in [0.1, 0.15) is 362 Å². The van der Waals surface area contributed by atoms with Crippen molar-refractivity contribution >= 4 is 39.5 Å². The molecule has 0 rings (SSSR count). The molecule has 0 aromatic rings. The second-order valence-corrected chi connectivity index (χ2v) is 30.2. The van der Waals surface area contributed by atoms with Gasteiger partial charge in [0.15, 0.2) is 12.2 Å². The molecule has 0 aliphatic rings. The van der Waals surface area contributed by atoms with Gasteiger partial charge >= 0.3 is 39.5 Å². The maximum atomic E-state index is 13.1. The molecule has 0 aromatic carbocycles. The molecule has 592 valence electrons. The first-order chi connectivity index (χ1) is 49.7. The van der Waals surface area contributed by atoms with Crippen molar-refractivity contribution in [3.63, 3.8) is 0 Å². The predicted molar refractivity (Wildman–Crippen MR) is 418 cm³/mol. The molecule has 0 heterocycles. The quantitative estimate of drug-likeness (QED) is 0.0169. The molecule has 0 saturated heterocycles. The van der Waals surface area contributed by atoms with Crippen LogP contribution >= 0.6 is 15.6 Å². The summed E-state index contributed by atoms with van der Waals surface area (Å²) in [5.74, 6) is -2.18. The van der Waals surface area contributed by atoms with E-state index in [0.717, 1.165) is 180 Å². The zero-order valence-corrected chi connectivity index (χ0v) is 66.6. The van der Waals surface area contributed by atoms with Crippen LogP contribution in [-0.2, 0) is 65.4 Å². The highest BCUT2D eigenvalue weighted by atomic mass is 31.2. The maximum absolute atomic E-state index is 13.1. The van der Waals surface area contributed by atoms with Gasteiger partial charge in [-0.25, -0.2) is 9.13 Å². The molecule has 0 bridgehead atoms. The van der Waals surface area contributed by atoms with Crippen LogP contribution in [0.3, 0.4) is 0 Å². The average Bonchev–Trinajstić information content (AvgIpc) is 0.923. The lowest BCUT2D eigenvalue weighted by Crippen LogP contribution is -2.30. The molecule has 0 amide bonds. The molecule has 5 unspecified atom stereocenters. The molecule has 0 saturated carbocycles. The highest BCUT2D eigenvalue weighted by Gasteiger charge is 2.30. The molecule has 102 heavy (non-hydrogen) atoms. The number of phosphoric acid groups is 2. The molecular weight excluding hydrogens is 1330 g/mol. The summed E-state index contributed by atoms with van der Waals surface area (Å²) in [7, 11) is -9.96. The van der Waals surface area contributed by atoms with Crippen LogP contribution in [0.5, 0.6) is 0 Å². The topological polar surface area (TPSA) is 237 Å². The molecule has 3 N–H and O–H groups in total. The minimum absolute atomic E-state index is 0.0847. The first-order valence-electron chi connectivity index (χ1n) is 40.8. The van der Waals surface area contributed by atoms with E-state index >= 15 is 0 Å². The van der Waals surface area contributed by atoms with Crippen molar-refractivity contribution < 1.29 is 80.2 Å². The first kappa shape index (κ1) is 98.2. The molecule has 0 aliphatic carbocycles. The molecule has 17 nitrogen and oxygen atoms in total. The van der Waals surface area contributed by atoms with E-state index in [2.05, 4.69) is 113 Å². The fourth-order valence-corrected chi connectivity index (χ4v) is 12.8. The third-order valence-electron chi connectivity index (χ3n) is 17.4. The highest BCUT2D eigenvalue weighted by molar-refractivity contribution is 7.47. The number of hydrogen-bond acceptors (Lipinski definition) is 15. The molecule has 5 atom stereocenters. The van der Waals surface area contributed by atoms with Gasteiger partial charge in [-0.1, -0.05) is 305 Å². The molecule has 0 aliphatic heterocycles. The largest absolute Gasteiger partial charge is 0.472 e. The Labute approximate surface area is 621 Å². The van der Waals surface area contributed by atoms with Crippen molar-refractivity contribution in [2.75, 3.05) is 39.6 Å². The third kappa shape index (κ3) is 74.5. The maximum Gasteiger partial charge on any atom is 0.472 e. The van der Waals surface area contributed by atoms with Gasteiger partial charge in [-0.3, -0.25) is 37.3 Å². The van der Waals surface area contributed by atoms with Gasteiger partial charge in [-0.05, 0) is 116 Å². The number of carbonyl (C=O) groups is 4. The Morgan fingerprint density at radius 1 is 0.284 bits per heavy atom. The van der Waals surface area contributed by atoms with Crippen LogP contribution in [0.2, 0.25) is 0 Å². The van der Waals surface area contributed by atoms with Crippen molar-refractivity contribution in [1.29, 1.82) is 0 Å². The second-order valence-electron chi connectivity index (χ2n) is 27.3. The summed E-state index contributed by atoms with van der Waals surface area (Å²) in [6.45, 7) is 4.68. The Kier molecular flexibility index (Phi) is 72.7. The Bertz CT molecular complexity index is 2260. The number of carbonyl (C=O) groups excluding carboxylic acids is 4. The van der Waals surface area contributed by atoms with Crippen LogP contribution in [0.15, 0.2) is 85.1 Å². The van der Waals surface area contributed by atoms with E-state index in [1.165, 1.54) is 103 Å². The Morgan fingerprint density at radius 2 is 0.510 bits per heavy atom. The first-order valence-corrected chi connectivity index (χ1v) is 43.8. The molecular formula is C83H148O17P2. The zero-order chi connectivity index (χ0) is 74.6. The van der Waals surface area contributed by atoms with E-state index < -0.39 is 97.5 Å². The van der Waals surface area contributed by atoms with Gasteiger partial charge in [0, 0.05) is 25.7 Å². The van der Waals surface area contributed by atoms with Gasteiger partial charge in [0.25, 0.3) is 0 Å². The van der Waals surface area contributed by atoms with E-state index in [1.807, 2.05) is 0 Å². The lowest BCUT2D eigenvalue weighted by Gasteiger charge is -2.21. The van der Waals surface area contributed by atoms with Gasteiger partial charge in [0.1, 0.15) is 19.3 Å². The number of aliphatic hydroxyl groups excluding tert-OH is 1. The number of rotatable bonds is 77. The molecule has 0 fully saturated rings. The summed E-state index contributed by atoms with van der Waals surface area (Å²) < 4.78 is 68.7. The van der Waals surface area contributed by atoms with Crippen LogP contribution in [0.4, 0.5) is 0 Å². The van der Waals surface area contributed by atoms with E-state index in [-0.39, 0.29) is 25.7 Å². The van der Waals surface area contributed by atoms with Crippen LogP contribution in [0.25, 0.3) is 0 Å². The third-order valence-corrected chi connectivity index (χ3v) is 19.3. The number of unbranched alkanes of at least 4 members (excludes halogenated alkanes) is 37. The average molecular weight is 1480 g/mol. The van der Waals surface area contributed by atoms with E-state index in [0.29, 0.717) is 25.7 Å². The minimum atomic E-state index is -4.98. The zero-order valence-electron chi connectivity index (χ0n) is 64.8.